The van der Waals surface area contributed by atoms with E-state index in [0.29, 0.717) is 0 Å². The molecule has 0 radical (unpaired) electrons. The molecular formula is C7H7N3S. The van der Waals surface area contributed by atoms with Gasteiger partial charge in [0.25, 0.3) is 0 Å². The molecule has 0 atom stereocenters. The number of nitrogens with one attached hydrogen (secondary N) is 1. The second-order valence-corrected chi connectivity index (χ2v) is 2.96. The summed E-state index contributed by atoms with van der Waals surface area (Å²) in [6.07, 6.45) is 3.60. The van der Waals surface area contributed by atoms with Gasteiger partial charge in [-0.15, -0.1) is 0 Å². The Hall–Kier alpha value is -1.16. The van der Waals surface area contributed by atoms with E-state index in [-0.39, 0.29) is 0 Å². The molecule has 0 unspecified atom stereocenters. The van der Waals surface area contributed by atoms with Crippen molar-refractivity contribution in [1.29, 1.82) is 0 Å². The van der Waals surface area contributed by atoms with Gasteiger partial charge < -0.3 is 5.32 Å². The normalized spacial score (nSPS) is 10.3. The first-order valence-corrected chi connectivity index (χ1v) is 4.06. The minimum Gasteiger partial charge on any atom is -0.372 e. The number of aromatic nitrogens is 2. The van der Waals surface area contributed by atoms with Crippen LogP contribution in [0.3, 0.4) is 0 Å². The van der Waals surface area contributed by atoms with E-state index in [0.717, 1.165) is 15.9 Å². The van der Waals surface area contributed by atoms with Gasteiger partial charge in [0.2, 0.25) is 0 Å². The average molecular weight is 165 g/mol. The minimum absolute atomic E-state index is 0.937. The molecule has 0 spiro atoms. The van der Waals surface area contributed by atoms with Gasteiger partial charge in [0, 0.05) is 24.8 Å². The van der Waals surface area contributed by atoms with Gasteiger partial charge in [0.1, 0.15) is 5.82 Å². The van der Waals surface area contributed by atoms with Gasteiger partial charge in [-0.25, -0.2) is 0 Å². The van der Waals surface area contributed by atoms with Crippen LogP contribution in [0.25, 0.3) is 10.1 Å². The van der Waals surface area contributed by atoms with Crippen LogP contribution in [-0.4, -0.2) is 16.4 Å². The van der Waals surface area contributed by atoms with E-state index >= 15 is 0 Å². The molecule has 56 valence electrons. The number of hydrogen-bond donors (Lipinski definition) is 1. The first-order chi connectivity index (χ1) is 5.42. The summed E-state index contributed by atoms with van der Waals surface area (Å²) in [5, 5.41) is 4.17. The second-order valence-electron chi connectivity index (χ2n) is 2.15. The van der Waals surface area contributed by atoms with E-state index in [1.54, 1.807) is 6.20 Å². The Balaban J connectivity index is 2.76. The molecule has 0 aliphatic rings. The highest BCUT2D eigenvalue weighted by Gasteiger charge is 2.01. The summed E-state index contributed by atoms with van der Waals surface area (Å²) in [4.78, 5) is 4.00. The molecule has 0 aromatic carbocycles. The predicted octanol–water partition coefficient (Wildman–Crippen LogP) is 1.73. The Bertz CT molecular complexity index is 368. The minimum atomic E-state index is 0.937. The molecule has 0 fully saturated rings. The Kier molecular flexibility index (Phi) is 1.47. The molecule has 0 bridgehead atoms. The standard InChI is InChI=1S/C7H7N3S/c1-8-7-5-2-3-9-4-6(5)11-10-7/h2-4H,1H3,(H,8,10). The summed E-state index contributed by atoms with van der Waals surface area (Å²) < 4.78 is 5.33. The van der Waals surface area contributed by atoms with Gasteiger partial charge >= 0.3 is 0 Å². The molecule has 0 aliphatic heterocycles. The van der Waals surface area contributed by atoms with Crippen molar-refractivity contribution in [2.24, 2.45) is 0 Å². The number of anilines is 1. The lowest BCUT2D eigenvalue weighted by Crippen LogP contribution is -1.86. The highest BCUT2D eigenvalue weighted by Crippen LogP contribution is 2.24. The third-order valence-electron chi connectivity index (χ3n) is 1.51. The molecular weight excluding hydrogens is 158 g/mol. The zero-order chi connectivity index (χ0) is 7.68. The molecule has 11 heavy (non-hydrogen) atoms. The Morgan fingerprint density at radius 3 is 3.27 bits per heavy atom. The van der Waals surface area contributed by atoms with Gasteiger partial charge in [-0.05, 0) is 17.6 Å². The fourth-order valence-corrected chi connectivity index (χ4v) is 1.72. The molecule has 2 rings (SSSR count). The van der Waals surface area contributed by atoms with Crippen LogP contribution in [0.1, 0.15) is 0 Å². The number of rotatable bonds is 1. The summed E-state index contributed by atoms with van der Waals surface area (Å²) in [5.74, 6) is 0.937. The first kappa shape index (κ1) is 6.54. The third kappa shape index (κ3) is 0.952. The van der Waals surface area contributed by atoms with E-state index in [4.69, 9.17) is 0 Å². The maximum atomic E-state index is 4.20. The molecule has 0 aliphatic carbocycles. The van der Waals surface area contributed by atoms with Gasteiger partial charge in [0.05, 0.1) is 4.70 Å². The Morgan fingerprint density at radius 2 is 2.45 bits per heavy atom. The maximum absolute atomic E-state index is 4.20. The van der Waals surface area contributed by atoms with Crippen molar-refractivity contribution in [3.63, 3.8) is 0 Å². The molecule has 0 amide bonds. The number of fused-ring (bicyclic) bond motifs is 1. The molecule has 4 heteroatoms. The molecule has 3 nitrogen and oxygen atoms in total. The molecule has 2 heterocycles. The summed E-state index contributed by atoms with van der Waals surface area (Å²) in [5.41, 5.74) is 0. The lowest BCUT2D eigenvalue weighted by molar-refractivity contribution is 1.37. The second kappa shape index (κ2) is 2.47. The zero-order valence-corrected chi connectivity index (χ0v) is 6.85. The highest BCUT2D eigenvalue weighted by molar-refractivity contribution is 7.13. The topological polar surface area (TPSA) is 37.8 Å². The molecule has 2 aromatic heterocycles. The van der Waals surface area contributed by atoms with Crippen LogP contribution in [0.5, 0.6) is 0 Å². The predicted molar refractivity (Wildman–Crippen MR) is 47.0 cm³/mol. The van der Waals surface area contributed by atoms with Crippen LogP contribution < -0.4 is 5.32 Å². The molecule has 0 saturated heterocycles. The number of pyridine rings is 1. The summed E-state index contributed by atoms with van der Waals surface area (Å²) in [6, 6.07) is 1.96. The van der Waals surface area contributed by atoms with Crippen molar-refractivity contribution in [2.45, 2.75) is 0 Å². The van der Waals surface area contributed by atoms with Crippen LogP contribution in [0.2, 0.25) is 0 Å². The van der Waals surface area contributed by atoms with E-state index in [2.05, 4.69) is 14.7 Å². The largest absolute Gasteiger partial charge is 0.372 e. The number of nitrogens with zero attached hydrogens (tertiary/aromatic N) is 2. The van der Waals surface area contributed by atoms with E-state index in [9.17, 15) is 0 Å². The van der Waals surface area contributed by atoms with Gasteiger partial charge in [-0.2, -0.15) is 4.37 Å². The van der Waals surface area contributed by atoms with Crippen molar-refractivity contribution in [3.05, 3.63) is 18.5 Å². The van der Waals surface area contributed by atoms with Crippen molar-refractivity contribution in [2.75, 3.05) is 12.4 Å². The van der Waals surface area contributed by atoms with Crippen molar-refractivity contribution in [1.82, 2.24) is 9.36 Å². The quantitative estimate of drug-likeness (QED) is 0.699. The van der Waals surface area contributed by atoms with Gasteiger partial charge in [-0.1, -0.05) is 0 Å². The summed E-state index contributed by atoms with van der Waals surface area (Å²) in [7, 11) is 1.87. The Labute approximate surface area is 68.2 Å². The van der Waals surface area contributed by atoms with E-state index < -0.39 is 0 Å². The average Bonchev–Trinajstić information content (AvgIpc) is 2.47. The maximum Gasteiger partial charge on any atom is 0.147 e. The van der Waals surface area contributed by atoms with Gasteiger partial charge in [0.15, 0.2) is 0 Å². The van der Waals surface area contributed by atoms with E-state index in [1.165, 1.54) is 11.5 Å². The van der Waals surface area contributed by atoms with E-state index in [1.807, 2.05) is 19.3 Å². The van der Waals surface area contributed by atoms with Crippen LogP contribution >= 0.6 is 11.5 Å². The lowest BCUT2D eigenvalue weighted by Gasteiger charge is -1.91. The van der Waals surface area contributed by atoms with Crippen molar-refractivity contribution in [3.8, 4) is 0 Å². The highest BCUT2D eigenvalue weighted by atomic mass is 32.1. The lowest BCUT2D eigenvalue weighted by atomic mass is 10.3. The fraction of sp³-hybridized carbons (Fsp3) is 0.143. The van der Waals surface area contributed by atoms with Crippen molar-refractivity contribution >= 4 is 27.4 Å². The first-order valence-electron chi connectivity index (χ1n) is 3.29. The van der Waals surface area contributed by atoms with Crippen LogP contribution in [0.15, 0.2) is 18.5 Å². The summed E-state index contributed by atoms with van der Waals surface area (Å²) in [6.45, 7) is 0. The zero-order valence-electron chi connectivity index (χ0n) is 6.03. The molecule has 0 saturated carbocycles. The summed E-state index contributed by atoms with van der Waals surface area (Å²) >= 11 is 1.46. The third-order valence-corrected chi connectivity index (χ3v) is 2.31. The molecule has 2 aromatic rings. The van der Waals surface area contributed by atoms with Gasteiger partial charge in [-0.3, -0.25) is 4.98 Å². The van der Waals surface area contributed by atoms with Crippen LogP contribution in [0, 0.1) is 0 Å². The SMILES string of the molecule is CNc1nsc2cnccc12. The molecule has 1 N–H and O–H groups in total. The monoisotopic (exact) mass is 165 g/mol. The smallest absolute Gasteiger partial charge is 0.147 e. The van der Waals surface area contributed by atoms with Crippen LogP contribution in [0.4, 0.5) is 5.82 Å². The van der Waals surface area contributed by atoms with Crippen molar-refractivity contribution < 1.29 is 0 Å². The van der Waals surface area contributed by atoms with Crippen LogP contribution in [-0.2, 0) is 0 Å². The fourth-order valence-electron chi connectivity index (χ4n) is 0.973. The number of hydrogen-bond acceptors (Lipinski definition) is 4. The Morgan fingerprint density at radius 1 is 1.55 bits per heavy atom.